The fraction of sp³-hybridized carbons (Fsp3) is 0.591. The Bertz CT molecular complexity index is 794. The predicted molar refractivity (Wildman–Crippen MR) is 122 cm³/mol. The number of nitro groups is 1. The van der Waals surface area contributed by atoms with Crippen LogP contribution in [0, 0.1) is 10.1 Å². The van der Waals surface area contributed by atoms with Crippen molar-refractivity contribution in [2.75, 3.05) is 44.7 Å². The highest BCUT2D eigenvalue weighted by Gasteiger charge is 2.29. The Kier molecular flexibility index (Phi) is 7.68. The van der Waals surface area contributed by atoms with E-state index < -0.39 is 4.92 Å². The maximum Gasteiger partial charge on any atom is 0.311 e. The van der Waals surface area contributed by atoms with Gasteiger partial charge in [-0.2, -0.15) is 0 Å². The maximum atomic E-state index is 11.6. The van der Waals surface area contributed by atoms with E-state index in [0.717, 1.165) is 37.2 Å². The number of nitrogens with zero attached hydrogens (tertiary/aromatic N) is 4. The zero-order valence-corrected chi connectivity index (χ0v) is 18.0. The highest BCUT2D eigenvalue weighted by molar-refractivity contribution is 6.12. The van der Waals surface area contributed by atoms with Crippen molar-refractivity contribution >= 4 is 23.2 Å². The van der Waals surface area contributed by atoms with E-state index in [9.17, 15) is 10.1 Å². The Morgan fingerprint density at radius 3 is 2.53 bits per heavy atom. The van der Waals surface area contributed by atoms with Crippen LogP contribution < -0.4 is 15.4 Å². The molecule has 1 aromatic rings. The third kappa shape index (κ3) is 4.92. The standard InChI is InChI=1S/C22H33N5O3/c1-3-24-16-17(15-23)19-13-21(27(28)29)22(30-2)14-20(19)26-11-7-18(8-12-26)25-9-5-4-6-10-25/h13-16,18H,3-12,23H2,1-2H3. The smallest absolute Gasteiger partial charge is 0.311 e. The van der Waals surface area contributed by atoms with Gasteiger partial charge in [0.25, 0.3) is 0 Å². The highest BCUT2D eigenvalue weighted by Crippen LogP contribution is 2.39. The molecule has 2 heterocycles. The van der Waals surface area contributed by atoms with Gasteiger partial charge in [-0.05, 0) is 45.7 Å². The van der Waals surface area contributed by atoms with Crippen LogP contribution >= 0.6 is 0 Å². The summed E-state index contributed by atoms with van der Waals surface area (Å²) in [5.41, 5.74) is 8.12. The summed E-state index contributed by atoms with van der Waals surface area (Å²) in [5.74, 6) is 0.265. The van der Waals surface area contributed by atoms with Crippen molar-refractivity contribution in [1.82, 2.24) is 4.90 Å². The molecule has 30 heavy (non-hydrogen) atoms. The van der Waals surface area contributed by atoms with Crippen molar-refractivity contribution in [3.63, 3.8) is 0 Å². The van der Waals surface area contributed by atoms with Gasteiger partial charge in [0, 0.05) is 67.0 Å². The van der Waals surface area contributed by atoms with E-state index in [1.54, 1.807) is 18.3 Å². The summed E-state index contributed by atoms with van der Waals surface area (Å²) in [6, 6.07) is 3.96. The molecule has 2 aliphatic heterocycles. The van der Waals surface area contributed by atoms with Crippen LogP contribution in [0.3, 0.4) is 0 Å². The first-order valence-corrected chi connectivity index (χ1v) is 10.9. The average Bonchev–Trinajstić information content (AvgIpc) is 2.79. The summed E-state index contributed by atoms with van der Waals surface area (Å²) in [6.07, 6.45) is 9.27. The van der Waals surface area contributed by atoms with Crippen LogP contribution in [0.25, 0.3) is 5.57 Å². The van der Waals surface area contributed by atoms with Crippen molar-refractivity contribution in [1.29, 1.82) is 0 Å². The van der Waals surface area contributed by atoms with Gasteiger partial charge >= 0.3 is 5.69 Å². The fourth-order valence-electron chi connectivity index (χ4n) is 4.50. The molecule has 0 bridgehead atoms. The number of hydrogen-bond donors (Lipinski definition) is 1. The number of hydrogen-bond acceptors (Lipinski definition) is 7. The molecule has 0 saturated carbocycles. The maximum absolute atomic E-state index is 11.6. The van der Waals surface area contributed by atoms with Gasteiger partial charge in [-0.1, -0.05) is 6.42 Å². The number of nitro benzene ring substituents is 1. The minimum absolute atomic E-state index is 0.0660. The predicted octanol–water partition coefficient (Wildman–Crippen LogP) is 3.45. The van der Waals surface area contributed by atoms with Gasteiger partial charge in [0.15, 0.2) is 5.75 Å². The molecule has 0 spiro atoms. The average molecular weight is 416 g/mol. The zero-order valence-electron chi connectivity index (χ0n) is 18.0. The number of likely N-dealkylation sites (tertiary alicyclic amines) is 1. The second-order valence-electron chi connectivity index (χ2n) is 7.86. The third-order valence-corrected chi connectivity index (χ3v) is 6.11. The Morgan fingerprint density at radius 1 is 1.27 bits per heavy atom. The Morgan fingerprint density at radius 2 is 1.97 bits per heavy atom. The summed E-state index contributed by atoms with van der Waals surface area (Å²) < 4.78 is 5.34. The molecule has 164 valence electrons. The normalized spacial score (nSPS) is 19.4. The first-order valence-electron chi connectivity index (χ1n) is 10.9. The summed E-state index contributed by atoms with van der Waals surface area (Å²) >= 11 is 0. The van der Waals surface area contributed by atoms with E-state index in [2.05, 4.69) is 14.8 Å². The molecule has 2 saturated heterocycles. The monoisotopic (exact) mass is 415 g/mol. The molecular formula is C22H33N5O3. The highest BCUT2D eigenvalue weighted by atomic mass is 16.6. The van der Waals surface area contributed by atoms with Gasteiger partial charge in [0.1, 0.15) is 0 Å². The van der Waals surface area contributed by atoms with Crippen molar-refractivity contribution in [2.24, 2.45) is 10.7 Å². The second kappa shape index (κ2) is 10.4. The van der Waals surface area contributed by atoms with Gasteiger partial charge in [-0.25, -0.2) is 0 Å². The van der Waals surface area contributed by atoms with Crippen molar-refractivity contribution < 1.29 is 9.66 Å². The van der Waals surface area contributed by atoms with Crippen LogP contribution in [-0.2, 0) is 0 Å². The zero-order chi connectivity index (χ0) is 21.5. The van der Waals surface area contributed by atoms with Crippen LogP contribution in [0.4, 0.5) is 11.4 Å². The van der Waals surface area contributed by atoms with E-state index >= 15 is 0 Å². The lowest BCUT2D eigenvalue weighted by Gasteiger charge is -2.41. The number of anilines is 1. The van der Waals surface area contributed by atoms with E-state index in [4.69, 9.17) is 10.5 Å². The molecule has 0 atom stereocenters. The molecule has 1 aromatic carbocycles. The summed E-state index contributed by atoms with van der Waals surface area (Å²) in [4.78, 5) is 20.4. The number of piperidine rings is 2. The number of aliphatic imine (C=N–C) groups is 1. The Labute approximate surface area is 178 Å². The molecule has 0 amide bonds. The molecule has 2 N–H and O–H groups in total. The SMILES string of the molecule is CCN=CC(=CN)c1cc([N+](=O)[O-])c(OC)cc1N1CCC(N2CCCCC2)CC1. The molecule has 3 rings (SSSR count). The largest absolute Gasteiger partial charge is 0.490 e. The molecule has 0 aliphatic carbocycles. The lowest BCUT2D eigenvalue weighted by Crippen LogP contribution is -2.46. The van der Waals surface area contributed by atoms with Gasteiger partial charge in [-0.15, -0.1) is 0 Å². The van der Waals surface area contributed by atoms with Crippen LogP contribution in [0.1, 0.15) is 44.6 Å². The van der Waals surface area contributed by atoms with Crippen LogP contribution in [0.15, 0.2) is 23.3 Å². The summed E-state index contributed by atoms with van der Waals surface area (Å²) in [7, 11) is 1.46. The van der Waals surface area contributed by atoms with Crippen molar-refractivity contribution in [3.05, 3.63) is 34.0 Å². The molecule has 2 fully saturated rings. The number of rotatable bonds is 7. The van der Waals surface area contributed by atoms with Crippen LogP contribution in [0.5, 0.6) is 5.75 Å². The molecule has 0 unspecified atom stereocenters. The summed E-state index contributed by atoms with van der Waals surface area (Å²) in [6.45, 7) is 6.76. The Hall–Kier alpha value is -2.61. The van der Waals surface area contributed by atoms with E-state index in [1.165, 1.54) is 45.7 Å². The van der Waals surface area contributed by atoms with E-state index in [0.29, 0.717) is 18.2 Å². The number of benzene rings is 1. The summed E-state index contributed by atoms with van der Waals surface area (Å²) in [5, 5.41) is 11.6. The van der Waals surface area contributed by atoms with E-state index in [-0.39, 0.29) is 11.4 Å². The molecular weight excluding hydrogens is 382 g/mol. The fourth-order valence-corrected chi connectivity index (χ4v) is 4.50. The quantitative estimate of drug-likeness (QED) is 0.416. The second-order valence-corrected chi connectivity index (χ2v) is 7.86. The third-order valence-electron chi connectivity index (χ3n) is 6.11. The van der Waals surface area contributed by atoms with Gasteiger partial charge in [0.2, 0.25) is 0 Å². The topological polar surface area (TPSA) is 97.2 Å². The number of methoxy groups -OCH3 is 1. The number of ether oxygens (including phenoxy) is 1. The van der Waals surface area contributed by atoms with Crippen LogP contribution in [0.2, 0.25) is 0 Å². The molecule has 2 aliphatic rings. The number of nitrogens with two attached hydrogens (primary N) is 1. The molecule has 8 heteroatoms. The lowest BCUT2D eigenvalue weighted by molar-refractivity contribution is -0.385. The first kappa shape index (κ1) is 22.1. The molecule has 0 aromatic heterocycles. The minimum Gasteiger partial charge on any atom is -0.490 e. The van der Waals surface area contributed by atoms with E-state index in [1.807, 2.05) is 6.92 Å². The van der Waals surface area contributed by atoms with Crippen LogP contribution in [-0.4, -0.2) is 61.9 Å². The van der Waals surface area contributed by atoms with Gasteiger partial charge in [-0.3, -0.25) is 15.1 Å². The number of allylic oxidation sites excluding steroid dienone is 1. The Balaban J connectivity index is 1.90. The molecule has 0 radical (unpaired) electrons. The van der Waals surface area contributed by atoms with Gasteiger partial charge < -0.3 is 20.3 Å². The first-order chi connectivity index (χ1) is 14.6. The van der Waals surface area contributed by atoms with Crippen molar-refractivity contribution in [2.45, 2.75) is 45.1 Å². The lowest BCUT2D eigenvalue weighted by atomic mass is 9.97. The minimum atomic E-state index is -0.417. The molecule has 8 nitrogen and oxygen atoms in total. The van der Waals surface area contributed by atoms with Gasteiger partial charge in [0.05, 0.1) is 12.0 Å². The van der Waals surface area contributed by atoms with Crippen molar-refractivity contribution in [3.8, 4) is 5.75 Å².